The van der Waals surface area contributed by atoms with E-state index in [1.165, 1.54) is 13.2 Å². The van der Waals surface area contributed by atoms with Gasteiger partial charge in [0, 0.05) is 11.1 Å². The number of allylic oxidation sites excluding steroid dienone is 1. The molecule has 0 saturated carbocycles. The Balaban J connectivity index is 2.28. The molecule has 0 heterocycles. The zero-order valence-corrected chi connectivity index (χ0v) is 14.2. The van der Waals surface area contributed by atoms with E-state index in [0.717, 1.165) is 5.56 Å². The second-order valence-corrected chi connectivity index (χ2v) is 4.85. The van der Waals surface area contributed by atoms with E-state index >= 15 is 0 Å². The highest BCUT2D eigenvalue weighted by Gasteiger charge is 2.14. The largest absolute Gasteiger partial charge is 0.497 e. The van der Waals surface area contributed by atoms with Crippen LogP contribution in [-0.4, -0.2) is 34.2 Å². The minimum Gasteiger partial charge on any atom is -0.497 e. The third-order valence-corrected chi connectivity index (χ3v) is 3.52. The number of hydrogen-bond acceptors (Lipinski definition) is 5. The zero-order valence-electron chi connectivity index (χ0n) is 14.2. The number of carbonyl (C=O) groups is 1. The molecule has 2 rings (SSSR count). The van der Waals surface area contributed by atoms with Crippen LogP contribution in [0.2, 0.25) is 0 Å². The summed E-state index contributed by atoms with van der Waals surface area (Å²) in [5, 5.41) is 0. The first-order valence-corrected chi connectivity index (χ1v) is 7.30. The molecule has 5 heteroatoms. The van der Waals surface area contributed by atoms with Crippen molar-refractivity contribution in [3.63, 3.8) is 0 Å². The van der Waals surface area contributed by atoms with Gasteiger partial charge in [-0.2, -0.15) is 0 Å². The first-order chi connectivity index (χ1) is 11.6. The van der Waals surface area contributed by atoms with Crippen molar-refractivity contribution in [3.8, 4) is 23.0 Å². The van der Waals surface area contributed by atoms with Crippen LogP contribution in [0, 0.1) is 0 Å². The molecule has 0 aliphatic rings. The van der Waals surface area contributed by atoms with Crippen LogP contribution in [0.4, 0.5) is 0 Å². The highest BCUT2D eigenvalue weighted by molar-refractivity contribution is 6.07. The van der Waals surface area contributed by atoms with Crippen molar-refractivity contribution >= 4 is 11.9 Å². The molecule has 0 radical (unpaired) electrons. The van der Waals surface area contributed by atoms with Crippen LogP contribution in [0.3, 0.4) is 0 Å². The number of carbonyl (C=O) groups excluding carboxylic acids is 1. The quantitative estimate of drug-likeness (QED) is 0.574. The lowest BCUT2D eigenvalue weighted by atomic mass is 10.1. The Morgan fingerprint density at radius 3 is 2.00 bits per heavy atom. The summed E-state index contributed by atoms with van der Waals surface area (Å²) in [6.07, 6.45) is 3.18. The maximum absolute atomic E-state index is 12.3. The number of ether oxygens (including phenoxy) is 4. The molecule has 0 amide bonds. The molecule has 2 aromatic carbocycles. The van der Waals surface area contributed by atoms with E-state index in [0.29, 0.717) is 28.6 Å². The molecule has 0 aliphatic carbocycles. The summed E-state index contributed by atoms with van der Waals surface area (Å²) in [5.74, 6) is 2.15. The topological polar surface area (TPSA) is 54.0 Å². The first-order valence-electron chi connectivity index (χ1n) is 7.30. The Morgan fingerprint density at radius 1 is 0.792 bits per heavy atom. The highest BCUT2D eigenvalue weighted by Crippen LogP contribution is 2.40. The van der Waals surface area contributed by atoms with Crippen molar-refractivity contribution in [3.05, 3.63) is 53.6 Å². The fraction of sp³-hybridized carbons (Fsp3) is 0.211. The van der Waals surface area contributed by atoms with Crippen molar-refractivity contribution in [2.75, 3.05) is 28.4 Å². The van der Waals surface area contributed by atoms with Gasteiger partial charge in [0.1, 0.15) is 5.75 Å². The second kappa shape index (κ2) is 8.06. The van der Waals surface area contributed by atoms with E-state index < -0.39 is 0 Å². The van der Waals surface area contributed by atoms with Crippen molar-refractivity contribution in [1.29, 1.82) is 0 Å². The highest BCUT2D eigenvalue weighted by atomic mass is 16.5. The van der Waals surface area contributed by atoms with Crippen molar-refractivity contribution in [2.24, 2.45) is 0 Å². The standard InChI is InChI=1S/C19H20O5/c1-21-15-9-5-13(6-10-15)16(20)11-7-14-8-12-17(22-2)19(24-4)18(14)23-3/h5-12H,1-4H3/b11-7+. The van der Waals surface area contributed by atoms with Crippen LogP contribution in [-0.2, 0) is 0 Å². The Hall–Kier alpha value is -2.95. The van der Waals surface area contributed by atoms with E-state index in [1.54, 1.807) is 63.8 Å². The average Bonchev–Trinajstić information content (AvgIpc) is 2.64. The van der Waals surface area contributed by atoms with Gasteiger partial charge >= 0.3 is 0 Å². The van der Waals surface area contributed by atoms with Gasteiger partial charge in [0.05, 0.1) is 28.4 Å². The third kappa shape index (κ3) is 3.68. The summed E-state index contributed by atoms with van der Waals surface area (Å²) >= 11 is 0. The van der Waals surface area contributed by atoms with E-state index in [9.17, 15) is 4.79 Å². The molecule has 0 unspecified atom stereocenters. The van der Waals surface area contributed by atoms with Crippen LogP contribution in [0.15, 0.2) is 42.5 Å². The number of hydrogen-bond donors (Lipinski definition) is 0. The molecule has 24 heavy (non-hydrogen) atoms. The van der Waals surface area contributed by atoms with Gasteiger partial charge in [-0.05, 0) is 48.6 Å². The van der Waals surface area contributed by atoms with Crippen molar-refractivity contribution in [2.45, 2.75) is 0 Å². The molecule has 0 fully saturated rings. The van der Waals surface area contributed by atoms with Gasteiger partial charge in [-0.1, -0.05) is 0 Å². The van der Waals surface area contributed by atoms with E-state index in [-0.39, 0.29) is 5.78 Å². The number of rotatable bonds is 7. The van der Waals surface area contributed by atoms with Crippen LogP contribution in [0.5, 0.6) is 23.0 Å². The fourth-order valence-corrected chi connectivity index (χ4v) is 2.27. The van der Waals surface area contributed by atoms with Gasteiger partial charge in [-0.15, -0.1) is 0 Å². The van der Waals surface area contributed by atoms with Crippen LogP contribution in [0.25, 0.3) is 6.08 Å². The number of benzene rings is 2. The summed E-state index contributed by atoms with van der Waals surface area (Å²) < 4.78 is 21.1. The van der Waals surface area contributed by atoms with Gasteiger partial charge in [0.25, 0.3) is 0 Å². The average molecular weight is 328 g/mol. The summed E-state index contributed by atoms with van der Waals surface area (Å²) in [5.41, 5.74) is 1.29. The Kier molecular flexibility index (Phi) is 5.84. The van der Waals surface area contributed by atoms with Crippen LogP contribution >= 0.6 is 0 Å². The zero-order chi connectivity index (χ0) is 17.5. The van der Waals surface area contributed by atoms with Gasteiger partial charge in [0.2, 0.25) is 5.75 Å². The van der Waals surface area contributed by atoms with Crippen LogP contribution in [0.1, 0.15) is 15.9 Å². The van der Waals surface area contributed by atoms with E-state index in [2.05, 4.69) is 0 Å². The second-order valence-electron chi connectivity index (χ2n) is 4.85. The van der Waals surface area contributed by atoms with Gasteiger partial charge in [-0.3, -0.25) is 4.79 Å². The molecule has 0 spiro atoms. The van der Waals surface area contributed by atoms with E-state index in [4.69, 9.17) is 18.9 Å². The molecule has 0 bridgehead atoms. The van der Waals surface area contributed by atoms with Gasteiger partial charge < -0.3 is 18.9 Å². The fourth-order valence-electron chi connectivity index (χ4n) is 2.27. The Morgan fingerprint density at radius 2 is 1.46 bits per heavy atom. The lowest BCUT2D eigenvalue weighted by Crippen LogP contribution is -1.97. The smallest absolute Gasteiger partial charge is 0.203 e. The molecule has 0 saturated heterocycles. The molecule has 0 N–H and O–H groups in total. The molecular formula is C19H20O5. The summed E-state index contributed by atoms with van der Waals surface area (Å²) in [6.45, 7) is 0. The summed E-state index contributed by atoms with van der Waals surface area (Å²) in [4.78, 5) is 12.3. The predicted molar refractivity (Wildman–Crippen MR) is 92.5 cm³/mol. The van der Waals surface area contributed by atoms with E-state index in [1.807, 2.05) is 0 Å². The maximum Gasteiger partial charge on any atom is 0.203 e. The molecular weight excluding hydrogens is 308 g/mol. The van der Waals surface area contributed by atoms with Gasteiger partial charge in [-0.25, -0.2) is 0 Å². The third-order valence-electron chi connectivity index (χ3n) is 3.52. The van der Waals surface area contributed by atoms with Crippen LogP contribution < -0.4 is 18.9 Å². The molecule has 0 atom stereocenters. The Labute approximate surface area is 141 Å². The minimum atomic E-state index is -0.116. The number of ketones is 1. The molecule has 2 aromatic rings. The SMILES string of the molecule is COc1ccc(C(=O)/C=C/c2ccc(OC)c(OC)c2OC)cc1. The van der Waals surface area contributed by atoms with Crippen molar-refractivity contribution in [1.82, 2.24) is 0 Å². The monoisotopic (exact) mass is 328 g/mol. The molecule has 5 nitrogen and oxygen atoms in total. The molecule has 0 aliphatic heterocycles. The van der Waals surface area contributed by atoms with Gasteiger partial charge in [0.15, 0.2) is 17.3 Å². The number of methoxy groups -OCH3 is 4. The Bertz CT molecular complexity index is 732. The first kappa shape index (κ1) is 17.4. The maximum atomic E-state index is 12.3. The summed E-state index contributed by atoms with van der Waals surface area (Å²) in [6, 6.07) is 10.5. The minimum absolute atomic E-state index is 0.116. The van der Waals surface area contributed by atoms with Crippen molar-refractivity contribution < 1.29 is 23.7 Å². The predicted octanol–water partition coefficient (Wildman–Crippen LogP) is 3.62. The summed E-state index contributed by atoms with van der Waals surface area (Å²) in [7, 11) is 6.22. The lowest BCUT2D eigenvalue weighted by molar-refractivity contribution is 0.104. The normalized spacial score (nSPS) is 10.5. The lowest BCUT2D eigenvalue weighted by Gasteiger charge is -2.13. The molecule has 126 valence electrons. The molecule has 0 aromatic heterocycles.